The van der Waals surface area contributed by atoms with Gasteiger partial charge in [0, 0.05) is 13.1 Å². The zero-order chi connectivity index (χ0) is 18.6. The zero-order valence-corrected chi connectivity index (χ0v) is 15.8. The number of rotatable bonds is 7. The molecule has 0 atom stereocenters. The minimum atomic E-state index is -3.64. The third-order valence-electron chi connectivity index (χ3n) is 4.28. The summed E-state index contributed by atoms with van der Waals surface area (Å²) in [5, 5.41) is 0. The molecule has 140 valence electrons. The first-order valence-electron chi connectivity index (χ1n) is 8.64. The molecule has 1 aromatic heterocycles. The number of anilines is 1. The van der Waals surface area contributed by atoms with E-state index < -0.39 is 10.0 Å². The van der Waals surface area contributed by atoms with Crippen molar-refractivity contribution in [3.05, 3.63) is 35.7 Å². The summed E-state index contributed by atoms with van der Waals surface area (Å²) in [6, 6.07) is 7.01. The van der Waals surface area contributed by atoms with Gasteiger partial charge in [-0.3, -0.25) is 0 Å². The average molecular weight is 377 g/mol. The van der Waals surface area contributed by atoms with Crippen molar-refractivity contribution >= 4 is 16.0 Å². The number of nitrogens with zero attached hydrogens (tertiary/aromatic N) is 4. The number of methoxy groups -OCH3 is 1. The highest BCUT2D eigenvalue weighted by molar-refractivity contribution is 7.89. The van der Waals surface area contributed by atoms with Gasteiger partial charge in [0.25, 0.3) is 0 Å². The molecule has 1 aliphatic heterocycles. The number of hydrogen-bond donors (Lipinski definition) is 1. The van der Waals surface area contributed by atoms with Gasteiger partial charge in [0.2, 0.25) is 16.0 Å². The number of aryl methyl sites for hydroxylation is 1. The molecule has 0 saturated carbocycles. The zero-order valence-electron chi connectivity index (χ0n) is 15.0. The molecule has 0 bridgehead atoms. The van der Waals surface area contributed by atoms with E-state index >= 15 is 0 Å². The molecule has 1 fully saturated rings. The van der Waals surface area contributed by atoms with Crippen molar-refractivity contribution in [3.8, 4) is 6.01 Å². The maximum atomic E-state index is 12.5. The van der Waals surface area contributed by atoms with Crippen LogP contribution in [-0.4, -0.2) is 43.6 Å². The number of ether oxygens (including phenoxy) is 1. The number of hydrogen-bond acceptors (Lipinski definition) is 7. The van der Waals surface area contributed by atoms with Crippen LogP contribution in [0.3, 0.4) is 0 Å². The van der Waals surface area contributed by atoms with E-state index in [1.165, 1.54) is 7.11 Å². The minimum Gasteiger partial charge on any atom is -0.467 e. The Labute approximate surface area is 153 Å². The molecule has 1 aromatic carbocycles. The lowest BCUT2D eigenvalue weighted by Gasteiger charge is -2.16. The molecule has 0 spiro atoms. The van der Waals surface area contributed by atoms with Crippen LogP contribution in [0.2, 0.25) is 0 Å². The SMILES string of the molecule is CCc1ccc(S(=O)(=O)NCc2nc(OC)nc(N3CCCC3)n2)cc1. The van der Waals surface area contributed by atoms with Crippen molar-refractivity contribution in [2.45, 2.75) is 37.6 Å². The van der Waals surface area contributed by atoms with Gasteiger partial charge in [0.15, 0.2) is 5.82 Å². The van der Waals surface area contributed by atoms with Crippen molar-refractivity contribution in [1.29, 1.82) is 0 Å². The third kappa shape index (κ3) is 4.28. The molecule has 1 saturated heterocycles. The van der Waals surface area contributed by atoms with Crippen LogP contribution in [0.5, 0.6) is 6.01 Å². The molecule has 8 nitrogen and oxygen atoms in total. The fraction of sp³-hybridized carbons (Fsp3) is 0.471. The van der Waals surface area contributed by atoms with Gasteiger partial charge in [-0.1, -0.05) is 19.1 Å². The molecule has 0 amide bonds. The van der Waals surface area contributed by atoms with Crippen LogP contribution in [0.25, 0.3) is 0 Å². The predicted molar refractivity (Wildman–Crippen MR) is 97.7 cm³/mol. The molecule has 0 unspecified atom stereocenters. The Morgan fingerprint density at radius 1 is 1.12 bits per heavy atom. The van der Waals surface area contributed by atoms with E-state index in [9.17, 15) is 8.42 Å². The summed E-state index contributed by atoms with van der Waals surface area (Å²) in [6.07, 6.45) is 3.03. The minimum absolute atomic E-state index is 0.0302. The second kappa shape index (κ2) is 7.96. The highest BCUT2D eigenvalue weighted by atomic mass is 32.2. The van der Waals surface area contributed by atoms with Crippen LogP contribution in [0.1, 0.15) is 31.2 Å². The normalized spacial score (nSPS) is 14.6. The Balaban J connectivity index is 1.76. The molecule has 9 heteroatoms. The number of nitrogens with one attached hydrogen (secondary N) is 1. The van der Waals surface area contributed by atoms with Crippen molar-refractivity contribution in [2.24, 2.45) is 0 Å². The van der Waals surface area contributed by atoms with Crippen molar-refractivity contribution < 1.29 is 13.2 Å². The molecule has 0 aliphatic carbocycles. The Kier molecular flexibility index (Phi) is 5.67. The quantitative estimate of drug-likeness (QED) is 0.781. The van der Waals surface area contributed by atoms with Crippen LogP contribution in [0.15, 0.2) is 29.2 Å². The van der Waals surface area contributed by atoms with E-state index in [1.807, 2.05) is 24.0 Å². The first-order chi connectivity index (χ1) is 12.5. The van der Waals surface area contributed by atoms with Crippen molar-refractivity contribution in [2.75, 3.05) is 25.1 Å². The third-order valence-corrected chi connectivity index (χ3v) is 5.70. The molecule has 1 N–H and O–H groups in total. The van der Waals surface area contributed by atoms with Gasteiger partial charge >= 0.3 is 6.01 Å². The Hall–Kier alpha value is -2.26. The molecular weight excluding hydrogens is 354 g/mol. The maximum absolute atomic E-state index is 12.5. The summed E-state index contributed by atoms with van der Waals surface area (Å²) in [6.45, 7) is 3.75. The Morgan fingerprint density at radius 3 is 2.42 bits per heavy atom. The largest absolute Gasteiger partial charge is 0.467 e. The summed E-state index contributed by atoms with van der Waals surface area (Å²) in [7, 11) is -2.16. The topological polar surface area (TPSA) is 97.3 Å². The maximum Gasteiger partial charge on any atom is 0.321 e. The van der Waals surface area contributed by atoms with Gasteiger partial charge < -0.3 is 9.64 Å². The molecule has 3 rings (SSSR count). The lowest BCUT2D eigenvalue weighted by molar-refractivity contribution is 0.375. The highest BCUT2D eigenvalue weighted by Gasteiger charge is 2.19. The monoisotopic (exact) mass is 377 g/mol. The lowest BCUT2D eigenvalue weighted by Crippen LogP contribution is -2.26. The molecule has 2 aromatic rings. The van der Waals surface area contributed by atoms with Crippen molar-refractivity contribution in [3.63, 3.8) is 0 Å². The van der Waals surface area contributed by atoms with Gasteiger partial charge in [-0.15, -0.1) is 0 Å². The van der Waals surface area contributed by atoms with E-state index in [-0.39, 0.29) is 17.5 Å². The summed E-state index contributed by atoms with van der Waals surface area (Å²) >= 11 is 0. The smallest absolute Gasteiger partial charge is 0.321 e. The van der Waals surface area contributed by atoms with Gasteiger partial charge in [0.05, 0.1) is 18.6 Å². The molecular formula is C17H23N5O3S. The van der Waals surface area contributed by atoms with E-state index in [4.69, 9.17) is 4.74 Å². The standard InChI is InChI=1S/C17H23N5O3S/c1-3-13-6-8-14(9-7-13)26(23,24)18-12-15-19-16(21-17(20-15)25-2)22-10-4-5-11-22/h6-9,18H,3-5,10-12H2,1-2H3. The fourth-order valence-electron chi connectivity index (χ4n) is 2.76. The van der Waals surface area contributed by atoms with Crippen LogP contribution in [-0.2, 0) is 23.0 Å². The average Bonchev–Trinajstić information content (AvgIpc) is 3.21. The fourth-order valence-corrected chi connectivity index (χ4v) is 3.74. The Bertz CT molecular complexity index is 849. The summed E-state index contributed by atoms with van der Waals surface area (Å²) in [4.78, 5) is 15.1. The predicted octanol–water partition coefficient (Wildman–Crippen LogP) is 1.52. The van der Waals surface area contributed by atoms with Crippen LogP contribution in [0, 0.1) is 0 Å². The van der Waals surface area contributed by atoms with Crippen LogP contribution >= 0.6 is 0 Å². The van der Waals surface area contributed by atoms with Gasteiger partial charge in [0.1, 0.15) is 0 Å². The molecule has 1 aliphatic rings. The van der Waals surface area contributed by atoms with E-state index in [1.54, 1.807) is 12.1 Å². The van der Waals surface area contributed by atoms with E-state index in [0.29, 0.717) is 11.8 Å². The Morgan fingerprint density at radius 2 is 1.81 bits per heavy atom. The van der Waals surface area contributed by atoms with Gasteiger partial charge in [-0.05, 0) is 37.0 Å². The van der Waals surface area contributed by atoms with Gasteiger partial charge in [-0.2, -0.15) is 15.0 Å². The summed E-state index contributed by atoms with van der Waals surface area (Å²) < 4.78 is 32.6. The first-order valence-corrected chi connectivity index (χ1v) is 10.1. The van der Waals surface area contributed by atoms with Crippen LogP contribution < -0.4 is 14.4 Å². The van der Waals surface area contributed by atoms with Crippen molar-refractivity contribution in [1.82, 2.24) is 19.7 Å². The second-order valence-electron chi connectivity index (χ2n) is 6.05. The number of aromatic nitrogens is 3. The molecule has 0 radical (unpaired) electrons. The van der Waals surface area contributed by atoms with E-state index in [0.717, 1.165) is 37.9 Å². The number of benzene rings is 1. The van der Waals surface area contributed by atoms with E-state index in [2.05, 4.69) is 19.7 Å². The summed E-state index contributed by atoms with van der Waals surface area (Å²) in [5.41, 5.74) is 1.08. The second-order valence-corrected chi connectivity index (χ2v) is 7.82. The van der Waals surface area contributed by atoms with Gasteiger partial charge in [-0.25, -0.2) is 13.1 Å². The molecule has 26 heavy (non-hydrogen) atoms. The lowest BCUT2D eigenvalue weighted by atomic mass is 10.2. The first kappa shape index (κ1) is 18.5. The number of sulfonamides is 1. The summed E-state index contributed by atoms with van der Waals surface area (Å²) in [5.74, 6) is 0.850. The van der Waals surface area contributed by atoms with Crippen LogP contribution in [0.4, 0.5) is 5.95 Å². The molecule has 2 heterocycles. The highest BCUT2D eigenvalue weighted by Crippen LogP contribution is 2.18.